The van der Waals surface area contributed by atoms with E-state index in [-0.39, 0.29) is 6.61 Å². The third-order valence-corrected chi connectivity index (χ3v) is 2.83. The third kappa shape index (κ3) is 7.82. The van der Waals surface area contributed by atoms with Gasteiger partial charge in [-0.1, -0.05) is 19.2 Å². The third-order valence-electron chi connectivity index (χ3n) is 2.83. The molecule has 0 spiro atoms. The summed E-state index contributed by atoms with van der Waals surface area (Å²) in [7, 11) is 0. The molecule has 0 aromatic carbocycles. The molecule has 0 bridgehead atoms. The molecule has 0 atom stereocenters. The number of carbonyl (C=O) groups excluding carboxylic acids is 3. The maximum atomic E-state index is 12.0. The molecular formula is C15H24N4O4. The monoisotopic (exact) mass is 324 g/mol. The van der Waals surface area contributed by atoms with E-state index in [1.807, 2.05) is 0 Å². The summed E-state index contributed by atoms with van der Waals surface area (Å²) in [5.41, 5.74) is 5.56. The van der Waals surface area contributed by atoms with E-state index >= 15 is 0 Å². The molecule has 23 heavy (non-hydrogen) atoms. The van der Waals surface area contributed by atoms with Crippen molar-refractivity contribution in [2.45, 2.75) is 6.42 Å². The second-order valence-electron chi connectivity index (χ2n) is 4.36. The highest BCUT2D eigenvalue weighted by molar-refractivity contribution is 5.85. The molecule has 0 saturated heterocycles. The van der Waals surface area contributed by atoms with Crippen molar-refractivity contribution in [3.05, 3.63) is 37.7 Å². The second kappa shape index (κ2) is 12.0. The maximum Gasteiger partial charge on any atom is 0.330 e. The molecule has 0 heterocycles. The Labute approximate surface area is 136 Å². The lowest BCUT2D eigenvalue weighted by Crippen LogP contribution is -2.46. The molecule has 0 aliphatic heterocycles. The molecule has 0 aliphatic rings. The van der Waals surface area contributed by atoms with Crippen molar-refractivity contribution < 1.29 is 19.1 Å². The van der Waals surface area contributed by atoms with Gasteiger partial charge in [-0.15, -0.1) is 6.58 Å². The summed E-state index contributed by atoms with van der Waals surface area (Å²) in [6.45, 7) is 12.2. The van der Waals surface area contributed by atoms with E-state index in [1.165, 1.54) is 4.90 Å². The Kier molecular flexibility index (Phi) is 10.6. The molecule has 0 unspecified atom stereocenters. The van der Waals surface area contributed by atoms with Gasteiger partial charge in [-0.3, -0.25) is 15.0 Å². The van der Waals surface area contributed by atoms with Crippen LogP contribution in [0.3, 0.4) is 0 Å². The zero-order valence-electron chi connectivity index (χ0n) is 13.2. The summed E-state index contributed by atoms with van der Waals surface area (Å²) >= 11 is 0. The van der Waals surface area contributed by atoms with Gasteiger partial charge in [0.1, 0.15) is 12.4 Å². The van der Waals surface area contributed by atoms with Crippen molar-refractivity contribution in [1.29, 1.82) is 0 Å². The average molecular weight is 324 g/mol. The van der Waals surface area contributed by atoms with Gasteiger partial charge >= 0.3 is 12.0 Å². The highest BCUT2D eigenvalue weighted by atomic mass is 16.5. The van der Waals surface area contributed by atoms with Crippen LogP contribution in [0.4, 0.5) is 4.79 Å². The summed E-state index contributed by atoms with van der Waals surface area (Å²) in [6.07, 6.45) is 3.53. The van der Waals surface area contributed by atoms with Gasteiger partial charge in [0.25, 0.3) is 0 Å². The Morgan fingerprint density at radius 2 is 1.91 bits per heavy atom. The minimum atomic E-state index is -0.600. The summed E-state index contributed by atoms with van der Waals surface area (Å²) in [6, 6.07) is -0.600. The normalized spacial score (nSPS) is 9.43. The number of imide groups is 1. The lowest BCUT2D eigenvalue weighted by molar-refractivity contribution is -0.138. The minimum Gasteiger partial charge on any atom is -0.461 e. The van der Waals surface area contributed by atoms with Crippen LogP contribution in [0.1, 0.15) is 6.42 Å². The molecule has 0 aromatic heterocycles. The van der Waals surface area contributed by atoms with Crippen molar-refractivity contribution in [1.82, 2.24) is 15.1 Å². The highest BCUT2D eigenvalue weighted by Crippen LogP contribution is 2.10. The molecular weight excluding hydrogens is 300 g/mol. The number of urea groups is 1. The molecule has 0 aromatic rings. The predicted octanol–water partition coefficient (Wildman–Crippen LogP) is 0.192. The molecule has 128 valence electrons. The van der Waals surface area contributed by atoms with Crippen molar-refractivity contribution >= 4 is 18.4 Å². The summed E-state index contributed by atoms with van der Waals surface area (Å²) in [5.74, 6) is -0.183. The fraction of sp³-hybridized carbons (Fsp3) is 0.400. The van der Waals surface area contributed by atoms with Crippen LogP contribution in [0.15, 0.2) is 37.7 Å². The lowest BCUT2D eigenvalue weighted by atomic mass is 10.3. The van der Waals surface area contributed by atoms with Gasteiger partial charge in [0, 0.05) is 25.7 Å². The van der Waals surface area contributed by atoms with Crippen LogP contribution in [0.2, 0.25) is 0 Å². The number of rotatable bonds is 12. The number of nitrogens with one attached hydrogen (secondary N) is 1. The van der Waals surface area contributed by atoms with Crippen LogP contribution in [-0.4, -0.2) is 61.0 Å². The fourth-order valence-corrected chi connectivity index (χ4v) is 1.71. The summed E-state index contributed by atoms with van der Waals surface area (Å²) < 4.78 is 4.92. The van der Waals surface area contributed by atoms with Crippen molar-refractivity contribution in [3.8, 4) is 0 Å². The first kappa shape index (κ1) is 20.4. The van der Waals surface area contributed by atoms with E-state index in [9.17, 15) is 14.4 Å². The van der Waals surface area contributed by atoms with E-state index in [0.717, 1.165) is 6.08 Å². The molecule has 3 amide bonds. The van der Waals surface area contributed by atoms with E-state index in [0.29, 0.717) is 44.8 Å². The number of esters is 1. The number of amides is 3. The molecule has 0 radical (unpaired) electrons. The van der Waals surface area contributed by atoms with Gasteiger partial charge in [0.2, 0.25) is 6.41 Å². The minimum absolute atomic E-state index is 0.0917. The number of hydrogen-bond acceptors (Lipinski definition) is 6. The molecule has 3 N–H and O–H groups in total. The topological polar surface area (TPSA) is 105 Å². The number of ether oxygens (including phenoxy) is 1. The SMILES string of the molecule is C=CCCN(C(=C)N(CCN)CCOC(=O)C=C)C(=O)NC=O. The zero-order valence-corrected chi connectivity index (χ0v) is 13.2. The molecule has 0 saturated carbocycles. The van der Waals surface area contributed by atoms with Crippen molar-refractivity contribution in [2.24, 2.45) is 5.73 Å². The van der Waals surface area contributed by atoms with Gasteiger partial charge in [-0.25, -0.2) is 9.59 Å². The molecule has 0 rings (SSSR count). The first-order chi connectivity index (χ1) is 11.0. The molecule has 0 aliphatic carbocycles. The van der Waals surface area contributed by atoms with E-state index in [2.05, 4.69) is 25.1 Å². The van der Waals surface area contributed by atoms with Crippen LogP contribution in [-0.2, 0) is 14.3 Å². The van der Waals surface area contributed by atoms with Gasteiger partial charge < -0.3 is 15.4 Å². The number of nitrogens with two attached hydrogens (primary N) is 1. The quantitative estimate of drug-likeness (QED) is 0.230. The number of carbonyl (C=O) groups is 3. The number of nitrogens with zero attached hydrogens (tertiary/aromatic N) is 2. The lowest BCUT2D eigenvalue weighted by Gasteiger charge is -2.33. The average Bonchev–Trinajstić information content (AvgIpc) is 2.54. The fourth-order valence-electron chi connectivity index (χ4n) is 1.71. The molecule has 0 fully saturated rings. The van der Waals surface area contributed by atoms with Crippen LogP contribution < -0.4 is 11.1 Å². The van der Waals surface area contributed by atoms with Gasteiger partial charge in [0.05, 0.1) is 6.54 Å². The van der Waals surface area contributed by atoms with Gasteiger partial charge in [0.15, 0.2) is 0 Å². The zero-order chi connectivity index (χ0) is 17.7. The summed E-state index contributed by atoms with van der Waals surface area (Å²) in [4.78, 5) is 36.5. The molecule has 8 heteroatoms. The Morgan fingerprint density at radius 1 is 1.22 bits per heavy atom. The van der Waals surface area contributed by atoms with Crippen molar-refractivity contribution in [3.63, 3.8) is 0 Å². The smallest absolute Gasteiger partial charge is 0.330 e. The first-order valence-corrected chi connectivity index (χ1v) is 7.07. The second-order valence-corrected chi connectivity index (χ2v) is 4.36. The maximum absolute atomic E-state index is 12.0. The summed E-state index contributed by atoms with van der Waals surface area (Å²) in [5, 5.41) is 2.07. The van der Waals surface area contributed by atoms with E-state index < -0.39 is 12.0 Å². The largest absolute Gasteiger partial charge is 0.461 e. The van der Waals surface area contributed by atoms with Gasteiger partial charge in [-0.2, -0.15) is 0 Å². The van der Waals surface area contributed by atoms with Crippen LogP contribution in [0.5, 0.6) is 0 Å². The van der Waals surface area contributed by atoms with E-state index in [1.54, 1.807) is 11.0 Å². The Bertz CT molecular complexity index is 451. The standard InChI is InChI=1S/C15H24N4O4/c1-4-6-8-19(15(22)17-12-20)13(3)18(9-7-16)10-11-23-14(21)5-2/h4-5,12H,1-3,6-11,16H2,(H,17,20,22). The number of hydrogen-bond donors (Lipinski definition) is 2. The Balaban J connectivity index is 4.91. The Hall–Kier alpha value is -2.61. The van der Waals surface area contributed by atoms with E-state index in [4.69, 9.17) is 10.5 Å². The highest BCUT2D eigenvalue weighted by Gasteiger charge is 2.20. The van der Waals surface area contributed by atoms with Crippen LogP contribution in [0, 0.1) is 0 Å². The van der Waals surface area contributed by atoms with Crippen LogP contribution in [0.25, 0.3) is 0 Å². The predicted molar refractivity (Wildman–Crippen MR) is 87.0 cm³/mol. The van der Waals surface area contributed by atoms with Gasteiger partial charge in [-0.05, 0) is 6.42 Å². The Morgan fingerprint density at radius 3 is 2.43 bits per heavy atom. The van der Waals surface area contributed by atoms with Crippen LogP contribution >= 0.6 is 0 Å². The first-order valence-electron chi connectivity index (χ1n) is 7.07. The molecule has 8 nitrogen and oxygen atoms in total. The van der Waals surface area contributed by atoms with Crippen molar-refractivity contribution in [2.75, 3.05) is 32.8 Å².